The molecule has 1 atom stereocenters. The van der Waals surface area contributed by atoms with Crippen molar-refractivity contribution in [1.82, 2.24) is 20.0 Å². The van der Waals surface area contributed by atoms with Crippen LogP contribution in [0.5, 0.6) is 0 Å². The van der Waals surface area contributed by atoms with Crippen LogP contribution in [0.2, 0.25) is 0 Å². The van der Waals surface area contributed by atoms with Crippen molar-refractivity contribution in [1.29, 1.82) is 0 Å². The Morgan fingerprint density at radius 2 is 1.77 bits per heavy atom. The number of hydrogen-bond donors (Lipinski definition) is 0. The highest BCUT2D eigenvalue weighted by molar-refractivity contribution is 7.10. The third-order valence-corrected chi connectivity index (χ3v) is 8.27. The van der Waals surface area contributed by atoms with E-state index in [1.165, 1.54) is 0 Å². The number of nitrogens with zero attached hydrogens (tertiary/aromatic N) is 4. The van der Waals surface area contributed by atoms with Gasteiger partial charge in [-0.05, 0) is 71.0 Å². The number of fused-ring (bicyclic) bond motifs is 3. The summed E-state index contributed by atoms with van der Waals surface area (Å²) in [5, 5.41) is 11.3. The quantitative estimate of drug-likeness (QED) is 0.248. The standard InChI is InChI=1S/C31H28N4O3S/c1-31(2,3)20-15-19(16-21-9-8-14-39-21)28-24(17-20)27(22-10-4-6-12-25(22)32-28)30(37)38-18-35-29(36)23-11-5-7-13-26(23)33-34-35/h4-14,16,20H,15,17-18H2,1-3H3/b19-16-/t20-/m0/s1. The third-order valence-electron chi connectivity index (χ3n) is 7.45. The Kier molecular flexibility index (Phi) is 6.35. The molecule has 1 aliphatic carbocycles. The summed E-state index contributed by atoms with van der Waals surface area (Å²) in [6.07, 6.45) is 3.78. The minimum atomic E-state index is -0.503. The normalized spacial score (nSPS) is 16.5. The van der Waals surface area contributed by atoms with E-state index in [-0.39, 0.29) is 17.7 Å². The second-order valence-corrected chi connectivity index (χ2v) is 11.9. The van der Waals surface area contributed by atoms with Gasteiger partial charge in [0.05, 0.1) is 22.2 Å². The van der Waals surface area contributed by atoms with Crippen LogP contribution >= 0.6 is 11.3 Å². The van der Waals surface area contributed by atoms with Crippen LogP contribution < -0.4 is 5.56 Å². The summed E-state index contributed by atoms with van der Waals surface area (Å²) >= 11 is 1.68. The summed E-state index contributed by atoms with van der Waals surface area (Å²) in [6.45, 7) is 6.38. The van der Waals surface area contributed by atoms with Crippen molar-refractivity contribution in [3.8, 4) is 0 Å². The highest BCUT2D eigenvalue weighted by Gasteiger charge is 2.35. The van der Waals surface area contributed by atoms with Gasteiger partial charge in [-0.2, -0.15) is 4.68 Å². The van der Waals surface area contributed by atoms with Gasteiger partial charge in [-0.3, -0.25) is 4.79 Å². The van der Waals surface area contributed by atoms with Gasteiger partial charge in [-0.15, -0.1) is 16.4 Å². The number of thiophene rings is 1. The molecule has 6 rings (SSSR count). The number of aromatic nitrogens is 4. The number of ether oxygens (including phenoxy) is 1. The fourth-order valence-corrected chi connectivity index (χ4v) is 5.90. The zero-order valence-electron chi connectivity index (χ0n) is 22.0. The van der Waals surface area contributed by atoms with Crippen LogP contribution in [0.15, 0.2) is 70.8 Å². The lowest BCUT2D eigenvalue weighted by molar-refractivity contribution is 0.0336. The third kappa shape index (κ3) is 4.76. The Morgan fingerprint density at radius 1 is 1.03 bits per heavy atom. The SMILES string of the molecule is CC(C)(C)[C@H]1C/C(=C/c2cccs2)c2nc3ccccc3c(C(=O)OCn3nnc4ccccc4c3=O)c2C1. The molecule has 0 N–H and O–H groups in total. The van der Waals surface area contributed by atoms with E-state index in [0.717, 1.165) is 43.7 Å². The molecule has 0 fully saturated rings. The lowest BCUT2D eigenvalue weighted by Crippen LogP contribution is -2.29. The molecular weight excluding hydrogens is 508 g/mol. The molecule has 1 aliphatic rings. The van der Waals surface area contributed by atoms with E-state index in [9.17, 15) is 9.59 Å². The van der Waals surface area contributed by atoms with Crippen LogP contribution in [-0.2, 0) is 17.9 Å². The largest absolute Gasteiger partial charge is 0.439 e. The number of pyridine rings is 1. The molecule has 0 bridgehead atoms. The Balaban J connectivity index is 1.45. The van der Waals surface area contributed by atoms with Gasteiger partial charge in [-0.1, -0.05) is 62.4 Å². The van der Waals surface area contributed by atoms with E-state index in [0.29, 0.717) is 28.8 Å². The monoisotopic (exact) mass is 536 g/mol. The number of rotatable bonds is 4. The van der Waals surface area contributed by atoms with E-state index in [1.54, 1.807) is 35.6 Å². The Morgan fingerprint density at radius 3 is 2.51 bits per heavy atom. The number of allylic oxidation sites excluding steroid dienone is 1. The molecule has 0 spiro atoms. The molecule has 3 aromatic heterocycles. The molecule has 3 heterocycles. The van der Waals surface area contributed by atoms with Crippen LogP contribution in [0, 0.1) is 11.3 Å². The van der Waals surface area contributed by atoms with Crippen molar-refractivity contribution < 1.29 is 9.53 Å². The molecule has 0 unspecified atom stereocenters. The van der Waals surface area contributed by atoms with E-state index in [4.69, 9.17) is 9.72 Å². The van der Waals surface area contributed by atoms with Crippen LogP contribution in [0.1, 0.15) is 53.7 Å². The predicted octanol–water partition coefficient (Wildman–Crippen LogP) is 6.36. The second kappa shape index (κ2) is 9.85. The molecule has 0 aliphatic heterocycles. The topological polar surface area (TPSA) is 87.0 Å². The lowest BCUT2D eigenvalue weighted by Gasteiger charge is -2.36. The number of carbonyl (C=O) groups is 1. The van der Waals surface area contributed by atoms with Gasteiger partial charge in [0.1, 0.15) is 5.52 Å². The molecular formula is C31H28N4O3S. The maximum Gasteiger partial charge on any atom is 0.340 e. The zero-order valence-corrected chi connectivity index (χ0v) is 22.9. The van der Waals surface area contributed by atoms with Crippen molar-refractivity contribution in [2.24, 2.45) is 11.3 Å². The van der Waals surface area contributed by atoms with E-state index >= 15 is 0 Å². The van der Waals surface area contributed by atoms with Gasteiger partial charge in [-0.25, -0.2) is 9.78 Å². The molecule has 0 saturated heterocycles. The Hall–Kier alpha value is -4.17. The molecule has 0 amide bonds. The van der Waals surface area contributed by atoms with Crippen molar-refractivity contribution in [3.05, 3.63) is 98.1 Å². The van der Waals surface area contributed by atoms with Gasteiger partial charge in [0, 0.05) is 10.3 Å². The maximum atomic E-state index is 13.8. The Bertz CT molecular complexity index is 1800. The first-order chi connectivity index (χ1) is 18.8. The molecule has 2 aromatic carbocycles. The van der Waals surface area contributed by atoms with E-state index in [1.807, 2.05) is 30.3 Å². The second-order valence-electron chi connectivity index (χ2n) is 11.0. The number of benzene rings is 2. The molecule has 39 heavy (non-hydrogen) atoms. The summed E-state index contributed by atoms with van der Waals surface area (Å²) in [5.74, 6) is -0.198. The summed E-state index contributed by atoms with van der Waals surface area (Å²) in [4.78, 5) is 33.0. The van der Waals surface area contributed by atoms with Crippen molar-refractivity contribution in [2.45, 2.75) is 40.3 Å². The van der Waals surface area contributed by atoms with E-state index < -0.39 is 5.97 Å². The maximum absolute atomic E-state index is 13.8. The number of para-hydroxylation sites is 1. The fraction of sp³-hybridized carbons (Fsp3) is 0.258. The highest BCUT2D eigenvalue weighted by Crippen LogP contribution is 2.45. The molecule has 196 valence electrons. The van der Waals surface area contributed by atoms with Crippen LogP contribution in [0.25, 0.3) is 33.5 Å². The number of hydrogen-bond acceptors (Lipinski definition) is 7. The fourth-order valence-electron chi connectivity index (χ4n) is 5.21. The minimum absolute atomic E-state index is 0.0209. The lowest BCUT2D eigenvalue weighted by atomic mass is 9.69. The van der Waals surface area contributed by atoms with Crippen molar-refractivity contribution in [2.75, 3.05) is 0 Å². The first kappa shape index (κ1) is 25.1. The number of esters is 1. The van der Waals surface area contributed by atoms with Crippen LogP contribution in [0.3, 0.4) is 0 Å². The van der Waals surface area contributed by atoms with Gasteiger partial charge in [0.2, 0.25) is 0 Å². The van der Waals surface area contributed by atoms with Crippen molar-refractivity contribution >= 4 is 50.8 Å². The molecule has 8 heteroatoms. The van der Waals surface area contributed by atoms with Gasteiger partial charge < -0.3 is 4.74 Å². The summed E-state index contributed by atoms with van der Waals surface area (Å²) in [6, 6.07) is 18.8. The predicted molar refractivity (Wildman–Crippen MR) is 154 cm³/mol. The molecule has 0 saturated carbocycles. The summed E-state index contributed by atoms with van der Waals surface area (Å²) in [5.41, 5.74) is 4.26. The first-order valence-corrected chi connectivity index (χ1v) is 13.8. The molecule has 7 nitrogen and oxygen atoms in total. The average molecular weight is 537 g/mol. The summed E-state index contributed by atoms with van der Waals surface area (Å²) in [7, 11) is 0. The number of carbonyl (C=O) groups excluding carboxylic acids is 1. The minimum Gasteiger partial charge on any atom is -0.439 e. The molecule has 5 aromatic rings. The average Bonchev–Trinajstić information content (AvgIpc) is 3.44. The van der Waals surface area contributed by atoms with Crippen molar-refractivity contribution in [3.63, 3.8) is 0 Å². The van der Waals surface area contributed by atoms with Crippen LogP contribution in [0.4, 0.5) is 0 Å². The van der Waals surface area contributed by atoms with Crippen LogP contribution in [-0.4, -0.2) is 25.9 Å². The summed E-state index contributed by atoms with van der Waals surface area (Å²) < 4.78 is 6.84. The van der Waals surface area contributed by atoms with Gasteiger partial charge >= 0.3 is 5.97 Å². The van der Waals surface area contributed by atoms with E-state index in [2.05, 4.69) is 48.6 Å². The van der Waals surface area contributed by atoms with Gasteiger partial charge in [0.15, 0.2) is 6.73 Å². The van der Waals surface area contributed by atoms with Gasteiger partial charge in [0.25, 0.3) is 5.56 Å². The highest BCUT2D eigenvalue weighted by atomic mass is 32.1. The molecule has 0 radical (unpaired) electrons. The zero-order chi connectivity index (χ0) is 27.1. The Labute approximate surface area is 229 Å². The smallest absolute Gasteiger partial charge is 0.340 e. The first-order valence-electron chi connectivity index (χ1n) is 13.0.